The minimum absolute atomic E-state index is 0.0330. The lowest BCUT2D eigenvalue weighted by molar-refractivity contribution is -0.137. The summed E-state index contributed by atoms with van der Waals surface area (Å²) in [5.41, 5.74) is -0.941. The molecule has 2 atom stereocenters. The number of halogens is 4. The molecule has 0 aliphatic carbocycles. The van der Waals surface area contributed by atoms with Gasteiger partial charge in [0.25, 0.3) is 5.91 Å². The van der Waals surface area contributed by atoms with E-state index in [0.717, 1.165) is 18.2 Å². The first-order valence-corrected chi connectivity index (χ1v) is 7.68. The maximum absolute atomic E-state index is 12.5. The minimum Gasteiger partial charge on any atom is -0.395 e. The van der Waals surface area contributed by atoms with Crippen molar-refractivity contribution in [3.05, 3.63) is 34.3 Å². The molecule has 0 aromatic heterocycles. The highest BCUT2D eigenvalue weighted by atomic mass is 35.5. The highest BCUT2D eigenvalue weighted by Crippen LogP contribution is 2.32. The van der Waals surface area contributed by atoms with Gasteiger partial charge in [0.1, 0.15) is 0 Å². The first-order valence-electron chi connectivity index (χ1n) is 6.02. The molecule has 0 saturated carbocycles. The Bertz CT molecular complexity index is 507. The fraction of sp³-hybridized carbons (Fsp3) is 0.462. The van der Waals surface area contributed by atoms with Crippen molar-refractivity contribution >= 4 is 29.3 Å². The van der Waals surface area contributed by atoms with Gasteiger partial charge in [0.15, 0.2) is 0 Å². The Morgan fingerprint density at radius 1 is 1.48 bits per heavy atom. The summed E-state index contributed by atoms with van der Waals surface area (Å²) < 4.78 is 37.6. The van der Waals surface area contributed by atoms with Crippen LogP contribution in [0.25, 0.3) is 0 Å². The van der Waals surface area contributed by atoms with Gasteiger partial charge < -0.3 is 10.4 Å². The van der Waals surface area contributed by atoms with Gasteiger partial charge in [0.2, 0.25) is 0 Å². The summed E-state index contributed by atoms with van der Waals surface area (Å²) in [6.07, 6.45) is -2.72. The number of rotatable bonds is 5. The van der Waals surface area contributed by atoms with Gasteiger partial charge in [-0.2, -0.15) is 24.9 Å². The molecule has 1 amide bonds. The van der Waals surface area contributed by atoms with E-state index in [-0.39, 0.29) is 28.5 Å². The Morgan fingerprint density at radius 3 is 2.52 bits per heavy atom. The Labute approximate surface area is 129 Å². The van der Waals surface area contributed by atoms with Crippen LogP contribution in [0.1, 0.15) is 22.8 Å². The second-order valence-corrected chi connectivity index (χ2v) is 5.90. The van der Waals surface area contributed by atoms with E-state index in [2.05, 4.69) is 5.32 Å². The zero-order chi connectivity index (χ0) is 16.2. The monoisotopic (exact) mass is 341 g/mol. The van der Waals surface area contributed by atoms with Crippen LogP contribution in [0.5, 0.6) is 0 Å². The molecule has 0 spiro atoms. The van der Waals surface area contributed by atoms with Crippen LogP contribution >= 0.6 is 23.4 Å². The van der Waals surface area contributed by atoms with Crippen LogP contribution < -0.4 is 5.32 Å². The third-order valence-electron chi connectivity index (χ3n) is 2.94. The molecule has 0 heterocycles. The number of amides is 1. The molecule has 0 aliphatic rings. The normalized spacial score (nSPS) is 14.6. The molecular weight excluding hydrogens is 327 g/mol. The van der Waals surface area contributed by atoms with Crippen molar-refractivity contribution in [2.75, 3.05) is 12.9 Å². The maximum atomic E-state index is 12.5. The molecule has 2 N–H and O–H groups in total. The zero-order valence-corrected chi connectivity index (χ0v) is 12.9. The lowest BCUT2D eigenvalue weighted by Gasteiger charge is -2.21. The largest absolute Gasteiger partial charge is 0.416 e. The molecule has 118 valence electrons. The number of aliphatic hydroxyl groups is 1. The van der Waals surface area contributed by atoms with Gasteiger partial charge in [0, 0.05) is 11.3 Å². The van der Waals surface area contributed by atoms with Crippen molar-refractivity contribution in [3.63, 3.8) is 0 Å². The van der Waals surface area contributed by atoms with Crippen LogP contribution in [0.2, 0.25) is 5.02 Å². The van der Waals surface area contributed by atoms with Crippen molar-refractivity contribution in [3.8, 4) is 0 Å². The van der Waals surface area contributed by atoms with Crippen molar-refractivity contribution in [2.24, 2.45) is 0 Å². The average Bonchev–Trinajstić information content (AvgIpc) is 2.38. The van der Waals surface area contributed by atoms with Crippen LogP contribution in [-0.4, -0.2) is 35.2 Å². The molecule has 0 bridgehead atoms. The number of benzene rings is 1. The SMILES string of the molecule is CSC(CO)C(C)NC(=O)c1ccc(C(F)(F)F)cc1Cl. The molecular formula is C13H15ClF3NO2S. The van der Waals surface area contributed by atoms with E-state index in [1.165, 1.54) is 11.8 Å². The molecule has 8 heteroatoms. The lowest BCUT2D eigenvalue weighted by atomic mass is 10.1. The van der Waals surface area contributed by atoms with Crippen LogP contribution in [0.15, 0.2) is 18.2 Å². The van der Waals surface area contributed by atoms with E-state index in [1.54, 1.807) is 13.2 Å². The van der Waals surface area contributed by atoms with E-state index < -0.39 is 17.6 Å². The third kappa shape index (κ3) is 4.79. The number of hydrogen-bond donors (Lipinski definition) is 2. The van der Waals surface area contributed by atoms with Gasteiger partial charge in [-0.3, -0.25) is 4.79 Å². The first-order chi connectivity index (χ1) is 9.70. The lowest BCUT2D eigenvalue weighted by Crippen LogP contribution is -2.41. The van der Waals surface area contributed by atoms with Gasteiger partial charge in [-0.05, 0) is 31.4 Å². The van der Waals surface area contributed by atoms with E-state index in [1.807, 2.05) is 0 Å². The van der Waals surface area contributed by atoms with E-state index in [9.17, 15) is 18.0 Å². The molecule has 2 unspecified atom stereocenters. The number of carbonyl (C=O) groups is 1. The Hall–Kier alpha value is -0.920. The second-order valence-electron chi connectivity index (χ2n) is 4.41. The Morgan fingerprint density at radius 2 is 2.10 bits per heavy atom. The Kier molecular flexibility index (Phi) is 6.37. The predicted octanol–water partition coefficient (Wildman–Crippen LogP) is 3.20. The average molecular weight is 342 g/mol. The topological polar surface area (TPSA) is 49.3 Å². The summed E-state index contributed by atoms with van der Waals surface area (Å²) in [6.45, 7) is 1.58. The number of carbonyl (C=O) groups excluding carboxylic acids is 1. The fourth-order valence-electron chi connectivity index (χ4n) is 1.69. The first kappa shape index (κ1) is 18.1. The summed E-state index contributed by atoms with van der Waals surface area (Å²) in [6, 6.07) is 2.22. The van der Waals surface area contributed by atoms with Crippen LogP contribution in [0.3, 0.4) is 0 Å². The Balaban J connectivity index is 2.89. The maximum Gasteiger partial charge on any atom is 0.416 e. The van der Waals surface area contributed by atoms with Crippen LogP contribution in [0, 0.1) is 0 Å². The van der Waals surface area contributed by atoms with E-state index >= 15 is 0 Å². The number of nitrogens with one attached hydrogen (secondary N) is 1. The molecule has 1 aromatic rings. The summed E-state index contributed by atoms with van der Waals surface area (Å²) in [7, 11) is 0. The minimum atomic E-state index is -4.51. The molecule has 0 radical (unpaired) electrons. The molecule has 21 heavy (non-hydrogen) atoms. The van der Waals surface area contributed by atoms with Gasteiger partial charge >= 0.3 is 6.18 Å². The smallest absolute Gasteiger partial charge is 0.395 e. The summed E-state index contributed by atoms with van der Waals surface area (Å²) in [5, 5.41) is 11.3. The van der Waals surface area contributed by atoms with Crippen molar-refractivity contribution in [2.45, 2.75) is 24.4 Å². The van der Waals surface area contributed by atoms with E-state index in [4.69, 9.17) is 16.7 Å². The third-order valence-corrected chi connectivity index (χ3v) is 4.42. The predicted molar refractivity (Wildman–Crippen MR) is 77.8 cm³/mol. The standard InChI is InChI=1S/C13H15ClF3NO2S/c1-7(11(6-19)21-2)18-12(20)9-4-3-8(5-10(9)14)13(15,16)17/h3-5,7,11,19H,6H2,1-2H3,(H,18,20). The van der Waals surface area contributed by atoms with Crippen molar-refractivity contribution in [1.82, 2.24) is 5.32 Å². The molecule has 1 rings (SSSR count). The number of aliphatic hydroxyl groups excluding tert-OH is 1. The number of alkyl halides is 3. The van der Waals surface area contributed by atoms with Gasteiger partial charge in [0.05, 0.1) is 22.8 Å². The van der Waals surface area contributed by atoms with Crippen LogP contribution in [-0.2, 0) is 6.18 Å². The van der Waals surface area contributed by atoms with Crippen molar-refractivity contribution in [1.29, 1.82) is 0 Å². The quantitative estimate of drug-likeness (QED) is 0.864. The molecule has 0 aliphatic heterocycles. The zero-order valence-electron chi connectivity index (χ0n) is 11.4. The molecule has 0 saturated heterocycles. The van der Waals surface area contributed by atoms with Crippen molar-refractivity contribution < 1.29 is 23.1 Å². The van der Waals surface area contributed by atoms with Gasteiger partial charge in [-0.25, -0.2) is 0 Å². The highest BCUT2D eigenvalue weighted by molar-refractivity contribution is 7.99. The summed E-state index contributed by atoms with van der Waals surface area (Å²) >= 11 is 7.12. The fourth-order valence-corrected chi connectivity index (χ4v) is 2.58. The van der Waals surface area contributed by atoms with Gasteiger partial charge in [-0.15, -0.1) is 0 Å². The second kappa shape index (κ2) is 7.38. The summed E-state index contributed by atoms with van der Waals surface area (Å²) in [5.74, 6) is -0.575. The van der Waals surface area contributed by atoms with Gasteiger partial charge in [-0.1, -0.05) is 11.6 Å². The molecule has 1 aromatic carbocycles. The highest BCUT2D eigenvalue weighted by Gasteiger charge is 2.31. The number of thioether (sulfide) groups is 1. The number of hydrogen-bond acceptors (Lipinski definition) is 3. The van der Waals surface area contributed by atoms with E-state index in [0.29, 0.717) is 0 Å². The summed E-state index contributed by atoms with van der Waals surface area (Å²) in [4.78, 5) is 12.0. The van der Waals surface area contributed by atoms with Crippen LogP contribution in [0.4, 0.5) is 13.2 Å². The molecule has 0 fully saturated rings. The molecule has 3 nitrogen and oxygen atoms in total.